The third-order valence-corrected chi connectivity index (χ3v) is 3.99. The van der Waals surface area contributed by atoms with E-state index >= 15 is 0 Å². The normalized spacial score (nSPS) is 18.0. The van der Waals surface area contributed by atoms with E-state index in [0.717, 1.165) is 38.2 Å². The van der Waals surface area contributed by atoms with Crippen molar-refractivity contribution in [1.29, 1.82) is 0 Å². The van der Waals surface area contributed by atoms with Crippen molar-refractivity contribution in [1.82, 2.24) is 5.32 Å². The maximum absolute atomic E-state index is 8.66. The summed E-state index contributed by atoms with van der Waals surface area (Å²) in [7, 11) is 0. The molecule has 0 saturated heterocycles. The number of aryl methyl sites for hydroxylation is 2. The number of hydrogen-bond acceptors (Lipinski definition) is 4. The predicted molar refractivity (Wildman–Crippen MR) is 83.9 cm³/mol. The predicted octanol–water partition coefficient (Wildman–Crippen LogP) is 2.51. The molecule has 0 amide bonds. The summed E-state index contributed by atoms with van der Waals surface area (Å²) in [4.78, 5) is 0. The zero-order chi connectivity index (χ0) is 15.1. The van der Waals surface area contributed by atoms with E-state index in [4.69, 9.17) is 14.6 Å². The molecule has 0 aromatic heterocycles. The highest BCUT2D eigenvalue weighted by atomic mass is 16.5. The lowest BCUT2D eigenvalue weighted by Gasteiger charge is -2.20. The quantitative estimate of drug-likeness (QED) is 0.759. The summed E-state index contributed by atoms with van der Waals surface area (Å²) in [6.45, 7) is 7.22. The van der Waals surface area contributed by atoms with Crippen LogP contribution in [0.3, 0.4) is 0 Å². The van der Waals surface area contributed by atoms with Crippen molar-refractivity contribution in [2.24, 2.45) is 0 Å². The minimum Gasteiger partial charge on any atom is -0.493 e. The van der Waals surface area contributed by atoms with Gasteiger partial charge in [-0.15, -0.1) is 0 Å². The Labute approximate surface area is 127 Å². The zero-order valence-electron chi connectivity index (χ0n) is 13.2. The number of nitrogens with one attached hydrogen (secondary N) is 1. The Morgan fingerprint density at radius 2 is 2.10 bits per heavy atom. The fourth-order valence-corrected chi connectivity index (χ4v) is 2.66. The summed E-state index contributed by atoms with van der Waals surface area (Å²) in [5.74, 6) is 1.03. The molecule has 0 radical (unpaired) electrons. The molecule has 0 fully saturated rings. The van der Waals surface area contributed by atoms with Crippen LogP contribution in [0.15, 0.2) is 12.1 Å². The Bertz CT molecular complexity index is 448. The molecule has 1 aromatic carbocycles. The summed E-state index contributed by atoms with van der Waals surface area (Å²) in [5.41, 5.74) is 3.89. The van der Waals surface area contributed by atoms with Gasteiger partial charge in [-0.1, -0.05) is 6.07 Å². The van der Waals surface area contributed by atoms with Gasteiger partial charge in [-0.05, 0) is 56.8 Å². The van der Waals surface area contributed by atoms with Crippen molar-refractivity contribution >= 4 is 0 Å². The van der Waals surface area contributed by atoms with Crippen LogP contribution in [0.2, 0.25) is 0 Å². The van der Waals surface area contributed by atoms with Gasteiger partial charge in [0, 0.05) is 18.2 Å². The number of aliphatic hydroxyl groups excluding tert-OH is 1. The smallest absolute Gasteiger partial charge is 0.124 e. The second kappa shape index (κ2) is 8.37. The zero-order valence-corrected chi connectivity index (χ0v) is 13.2. The summed E-state index contributed by atoms with van der Waals surface area (Å²) in [5, 5.41) is 12.3. The van der Waals surface area contributed by atoms with Crippen molar-refractivity contribution in [2.75, 3.05) is 33.0 Å². The molecule has 21 heavy (non-hydrogen) atoms. The SMILES string of the molecule is Cc1cc2c(cc1C)C(NCCCOCCO)CCCO2. The molecule has 0 spiro atoms. The number of rotatable bonds is 7. The summed E-state index contributed by atoms with van der Waals surface area (Å²) >= 11 is 0. The maximum Gasteiger partial charge on any atom is 0.124 e. The number of hydrogen-bond donors (Lipinski definition) is 2. The van der Waals surface area contributed by atoms with Crippen LogP contribution in [-0.2, 0) is 4.74 Å². The fraction of sp³-hybridized carbons (Fsp3) is 0.647. The Morgan fingerprint density at radius 3 is 2.90 bits per heavy atom. The van der Waals surface area contributed by atoms with E-state index in [1.807, 2.05) is 0 Å². The molecule has 1 aliphatic heterocycles. The van der Waals surface area contributed by atoms with E-state index in [9.17, 15) is 0 Å². The average Bonchev–Trinajstić information content (AvgIpc) is 2.66. The minimum absolute atomic E-state index is 0.0966. The Balaban J connectivity index is 1.93. The van der Waals surface area contributed by atoms with Crippen LogP contribution in [-0.4, -0.2) is 38.1 Å². The lowest BCUT2D eigenvalue weighted by Crippen LogP contribution is -2.23. The van der Waals surface area contributed by atoms with Gasteiger partial charge in [-0.2, -0.15) is 0 Å². The van der Waals surface area contributed by atoms with Gasteiger partial charge in [0.15, 0.2) is 0 Å². The van der Waals surface area contributed by atoms with Crippen molar-refractivity contribution in [2.45, 2.75) is 39.2 Å². The highest BCUT2D eigenvalue weighted by molar-refractivity contribution is 5.44. The van der Waals surface area contributed by atoms with E-state index in [1.165, 1.54) is 16.7 Å². The van der Waals surface area contributed by atoms with Gasteiger partial charge < -0.3 is 19.9 Å². The van der Waals surface area contributed by atoms with Crippen molar-refractivity contribution in [3.63, 3.8) is 0 Å². The molecule has 1 unspecified atom stereocenters. The maximum atomic E-state index is 8.66. The first-order chi connectivity index (χ1) is 10.2. The highest BCUT2D eigenvalue weighted by Gasteiger charge is 2.20. The fourth-order valence-electron chi connectivity index (χ4n) is 2.66. The summed E-state index contributed by atoms with van der Waals surface area (Å²) < 4.78 is 11.2. The topological polar surface area (TPSA) is 50.7 Å². The van der Waals surface area contributed by atoms with E-state index < -0.39 is 0 Å². The van der Waals surface area contributed by atoms with Crippen molar-refractivity contribution < 1.29 is 14.6 Å². The molecule has 2 rings (SSSR count). The third kappa shape index (κ3) is 4.70. The first kappa shape index (κ1) is 16.3. The Morgan fingerprint density at radius 1 is 1.29 bits per heavy atom. The van der Waals surface area contributed by atoms with Gasteiger partial charge in [-0.3, -0.25) is 0 Å². The molecule has 0 aliphatic carbocycles. The second-order valence-corrected chi connectivity index (χ2v) is 5.66. The van der Waals surface area contributed by atoms with Crippen LogP contribution < -0.4 is 10.1 Å². The molecule has 0 saturated carbocycles. The van der Waals surface area contributed by atoms with E-state index in [-0.39, 0.29) is 6.61 Å². The Hall–Kier alpha value is -1.10. The average molecular weight is 293 g/mol. The van der Waals surface area contributed by atoms with Gasteiger partial charge in [-0.25, -0.2) is 0 Å². The molecule has 1 aliphatic rings. The summed E-state index contributed by atoms with van der Waals surface area (Å²) in [6.07, 6.45) is 3.13. The molecule has 4 heteroatoms. The molecule has 1 aromatic rings. The number of ether oxygens (including phenoxy) is 2. The molecular formula is C17H27NO3. The third-order valence-electron chi connectivity index (χ3n) is 3.99. The second-order valence-electron chi connectivity index (χ2n) is 5.66. The minimum atomic E-state index is 0.0966. The highest BCUT2D eigenvalue weighted by Crippen LogP contribution is 2.33. The van der Waals surface area contributed by atoms with Gasteiger partial charge in [0.2, 0.25) is 0 Å². The van der Waals surface area contributed by atoms with Gasteiger partial charge in [0.05, 0.1) is 19.8 Å². The van der Waals surface area contributed by atoms with Crippen molar-refractivity contribution in [3.8, 4) is 5.75 Å². The van der Waals surface area contributed by atoms with Crippen LogP contribution >= 0.6 is 0 Å². The van der Waals surface area contributed by atoms with E-state index in [1.54, 1.807) is 0 Å². The van der Waals surface area contributed by atoms with E-state index in [2.05, 4.69) is 31.3 Å². The molecule has 1 heterocycles. The van der Waals surface area contributed by atoms with Gasteiger partial charge in [0.1, 0.15) is 5.75 Å². The van der Waals surface area contributed by atoms with Gasteiger partial charge in [0.25, 0.3) is 0 Å². The largest absolute Gasteiger partial charge is 0.493 e. The van der Waals surface area contributed by atoms with E-state index in [0.29, 0.717) is 19.3 Å². The van der Waals surface area contributed by atoms with Crippen LogP contribution in [0.5, 0.6) is 5.75 Å². The first-order valence-electron chi connectivity index (χ1n) is 7.88. The molecule has 2 N–H and O–H groups in total. The van der Waals surface area contributed by atoms with Crippen LogP contribution in [0, 0.1) is 13.8 Å². The number of aliphatic hydroxyl groups is 1. The van der Waals surface area contributed by atoms with Crippen LogP contribution in [0.25, 0.3) is 0 Å². The lowest BCUT2D eigenvalue weighted by molar-refractivity contribution is 0.0903. The molecule has 0 bridgehead atoms. The van der Waals surface area contributed by atoms with Crippen LogP contribution in [0.4, 0.5) is 0 Å². The molecule has 4 nitrogen and oxygen atoms in total. The standard InChI is InChI=1S/C17H27NO3/c1-13-11-15-16(18-6-4-8-20-10-7-19)5-3-9-21-17(15)12-14(13)2/h11-12,16,18-19H,3-10H2,1-2H3. The van der Waals surface area contributed by atoms with Crippen molar-refractivity contribution in [3.05, 3.63) is 28.8 Å². The monoisotopic (exact) mass is 293 g/mol. The number of benzene rings is 1. The molecular weight excluding hydrogens is 266 g/mol. The molecule has 1 atom stereocenters. The molecule has 118 valence electrons. The summed E-state index contributed by atoms with van der Waals surface area (Å²) in [6, 6.07) is 4.78. The lowest BCUT2D eigenvalue weighted by atomic mass is 9.97. The number of fused-ring (bicyclic) bond motifs is 1. The van der Waals surface area contributed by atoms with Crippen LogP contribution in [0.1, 0.15) is 42.0 Å². The van der Waals surface area contributed by atoms with Gasteiger partial charge >= 0.3 is 0 Å². The Kier molecular flexibility index (Phi) is 6.49. The first-order valence-corrected chi connectivity index (χ1v) is 7.88.